The first-order valence-corrected chi connectivity index (χ1v) is 11.4. The number of benzene rings is 1. The fraction of sp³-hybridized carbons (Fsp3) is 0.600. The summed E-state index contributed by atoms with van der Waals surface area (Å²) >= 11 is 0. The van der Waals surface area contributed by atoms with Crippen LogP contribution in [0.1, 0.15) is 25.6 Å². The number of hydrogen-bond acceptors (Lipinski definition) is 5. The van der Waals surface area contributed by atoms with Gasteiger partial charge in [-0.15, -0.1) is 0 Å². The maximum Gasteiger partial charge on any atom is 0.242 e. The normalized spacial score (nSPS) is 17.3. The zero-order chi connectivity index (χ0) is 21.2. The van der Waals surface area contributed by atoms with Crippen LogP contribution in [0.4, 0.5) is 0 Å². The third-order valence-corrected chi connectivity index (χ3v) is 7.33. The van der Waals surface area contributed by atoms with Crippen LogP contribution in [0, 0.1) is 5.92 Å². The Balaban J connectivity index is 1.72. The number of aryl methyl sites for hydroxylation is 2. The summed E-state index contributed by atoms with van der Waals surface area (Å²) in [6.45, 7) is 4.93. The van der Waals surface area contributed by atoms with Gasteiger partial charge in [0.2, 0.25) is 15.9 Å². The van der Waals surface area contributed by atoms with E-state index < -0.39 is 10.0 Å². The number of amides is 1. The van der Waals surface area contributed by atoms with Gasteiger partial charge in [0.1, 0.15) is 5.82 Å². The molecule has 0 radical (unpaired) electrons. The Hall–Kier alpha value is -1.97. The molecule has 1 aromatic heterocycles. The Morgan fingerprint density at radius 1 is 1.34 bits per heavy atom. The number of carbonyl (C=O) groups is 1. The summed E-state index contributed by atoms with van der Waals surface area (Å²) in [5.41, 5.74) is 1.47. The van der Waals surface area contributed by atoms with Crippen LogP contribution in [0.5, 0.6) is 0 Å². The van der Waals surface area contributed by atoms with E-state index >= 15 is 0 Å². The molecule has 1 aliphatic heterocycles. The number of ether oxygens (including phenoxy) is 1. The second-order valence-corrected chi connectivity index (χ2v) is 9.84. The minimum Gasteiger partial charge on any atom is -0.381 e. The summed E-state index contributed by atoms with van der Waals surface area (Å²) in [6, 6.07) is 4.95. The fourth-order valence-corrected chi connectivity index (χ4v) is 4.57. The zero-order valence-corrected chi connectivity index (χ0v) is 18.4. The van der Waals surface area contributed by atoms with Crippen LogP contribution in [0.25, 0.3) is 11.0 Å². The molecule has 9 heteroatoms. The highest BCUT2D eigenvalue weighted by molar-refractivity contribution is 7.89. The highest BCUT2D eigenvalue weighted by Crippen LogP contribution is 2.22. The van der Waals surface area contributed by atoms with E-state index in [1.807, 2.05) is 23.4 Å². The Kier molecular flexibility index (Phi) is 6.60. The average Bonchev–Trinajstić information content (AvgIpc) is 3.31. The number of fused-ring (bicyclic) bond motifs is 1. The van der Waals surface area contributed by atoms with Gasteiger partial charge in [0, 0.05) is 59.6 Å². The Morgan fingerprint density at radius 3 is 2.72 bits per heavy atom. The molecule has 0 N–H and O–H groups in total. The Bertz CT molecular complexity index is 978. The quantitative estimate of drug-likeness (QED) is 0.646. The highest BCUT2D eigenvalue weighted by atomic mass is 32.2. The minimum atomic E-state index is -3.51. The van der Waals surface area contributed by atoms with Gasteiger partial charge in [0.15, 0.2) is 0 Å². The topological polar surface area (TPSA) is 84.7 Å². The summed E-state index contributed by atoms with van der Waals surface area (Å²) in [4.78, 5) is 19.4. The van der Waals surface area contributed by atoms with E-state index in [2.05, 4.69) is 4.98 Å². The van der Waals surface area contributed by atoms with E-state index in [4.69, 9.17) is 4.74 Å². The van der Waals surface area contributed by atoms with Gasteiger partial charge in [-0.25, -0.2) is 17.7 Å². The molecule has 1 aliphatic rings. The lowest BCUT2D eigenvalue weighted by molar-refractivity contribution is -0.131. The number of sulfonamides is 1. The van der Waals surface area contributed by atoms with E-state index in [1.165, 1.54) is 18.4 Å². The van der Waals surface area contributed by atoms with Gasteiger partial charge in [0.25, 0.3) is 0 Å². The van der Waals surface area contributed by atoms with Gasteiger partial charge >= 0.3 is 0 Å². The van der Waals surface area contributed by atoms with Crippen molar-refractivity contribution in [3.05, 3.63) is 24.0 Å². The first kappa shape index (κ1) is 21.7. The summed E-state index contributed by atoms with van der Waals surface area (Å²) in [7, 11) is 1.39. The third-order valence-electron chi connectivity index (χ3n) is 5.52. The van der Waals surface area contributed by atoms with Gasteiger partial charge in [-0.2, -0.15) is 0 Å². The molecule has 0 spiro atoms. The molecule has 2 aromatic rings. The van der Waals surface area contributed by atoms with Crippen molar-refractivity contribution in [1.82, 2.24) is 18.8 Å². The van der Waals surface area contributed by atoms with Crippen molar-refractivity contribution < 1.29 is 17.9 Å². The number of aromatic nitrogens is 2. The number of imidazole rings is 1. The number of rotatable bonds is 8. The fourth-order valence-electron chi connectivity index (χ4n) is 3.65. The maximum absolute atomic E-state index is 12.7. The lowest BCUT2D eigenvalue weighted by Crippen LogP contribution is -2.35. The molecule has 1 fully saturated rings. The van der Waals surface area contributed by atoms with Crippen LogP contribution in [0.3, 0.4) is 0 Å². The second-order valence-electron chi connectivity index (χ2n) is 7.69. The third kappa shape index (κ3) is 4.62. The lowest BCUT2D eigenvalue weighted by atomic mass is 10.1. The van der Waals surface area contributed by atoms with Crippen LogP contribution in [0.15, 0.2) is 23.1 Å². The van der Waals surface area contributed by atoms with Gasteiger partial charge in [-0.05, 0) is 31.5 Å². The van der Waals surface area contributed by atoms with Crippen molar-refractivity contribution in [2.45, 2.75) is 31.1 Å². The number of hydrogen-bond donors (Lipinski definition) is 0. The van der Waals surface area contributed by atoms with Crippen molar-refractivity contribution in [2.75, 3.05) is 40.4 Å². The molecule has 8 nitrogen and oxygen atoms in total. The summed E-state index contributed by atoms with van der Waals surface area (Å²) < 4.78 is 33.3. The molecular formula is C20H30N4O4S. The Morgan fingerprint density at radius 2 is 2.10 bits per heavy atom. The van der Waals surface area contributed by atoms with Crippen molar-refractivity contribution in [3.8, 4) is 0 Å². The smallest absolute Gasteiger partial charge is 0.242 e. The average molecular weight is 423 g/mol. The molecule has 160 valence electrons. The second kappa shape index (κ2) is 8.81. The molecular weight excluding hydrogens is 392 g/mol. The van der Waals surface area contributed by atoms with Gasteiger partial charge in [-0.3, -0.25) is 4.79 Å². The lowest BCUT2D eigenvalue weighted by Gasteiger charge is -2.23. The van der Waals surface area contributed by atoms with Crippen LogP contribution >= 0.6 is 0 Å². The van der Waals surface area contributed by atoms with Crippen molar-refractivity contribution in [1.29, 1.82) is 0 Å². The number of nitrogens with zero attached hydrogens (tertiary/aromatic N) is 4. The SMILES string of the molecule is CCN(CC1CCOC1)C(=O)CCc1nc2cc(S(=O)(=O)N(C)C)ccc2n1C. The van der Waals surface area contributed by atoms with Crippen LogP contribution in [-0.4, -0.2) is 73.5 Å². The summed E-state index contributed by atoms with van der Waals surface area (Å²) in [6.07, 6.45) is 1.89. The van der Waals surface area contributed by atoms with E-state index in [1.54, 1.807) is 18.2 Å². The van der Waals surface area contributed by atoms with Crippen molar-refractivity contribution >= 4 is 27.0 Å². The summed E-state index contributed by atoms with van der Waals surface area (Å²) in [5.74, 6) is 1.31. The molecule has 0 aliphatic carbocycles. The molecule has 1 saturated heterocycles. The largest absolute Gasteiger partial charge is 0.381 e. The molecule has 1 amide bonds. The van der Waals surface area contributed by atoms with E-state index in [0.717, 1.165) is 37.5 Å². The van der Waals surface area contributed by atoms with Crippen LogP contribution < -0.4 is 0 Å². The standard InChI is InChI=1S/C20H30N4O4S/c1-5-24(13-15-10-11-28-14-15)20(25)9-8-19-21-17-12-16(29(26,27)22(2)3)6-7-18(17)23(19)4/h6-7,12,15H,5,8-11,13-14H2,1-4H3. The minimum absolute atomic E-state index is 0.113. The van der Waals surface area contributed by atoms with Crippen molar-refractivity contribution in [3.63, 3.8) is 0 Å². The predicted molar refractivity (Wildman–Crippen MR) is 111 cm³/mol. The van der Waals surface area contributed by atoms with Crippen LogP contribution in [-0.2, 0) is 33.0 Å². The molecule has 29 heavy (non-hydrogen) atoms. The molecule has 0 saturated carbocycles. The molecule has 1 atom stereocenters. The van der Waals surface area contributed by atoms with E-state index in [-0.39, 0.29) is 10.8 Å². The predicted octanol–water partition coefficient (Wildman–Crippen LogP) is 1.64. The first-order valence-electron chi connectivity index (χ1n) is 9.97. The summed E-state index contributed by atoms with van der Waals surface area (Å²) in [5, 5.41) is 0. The highest BCUT2D eigenvalue weighted by Gasteiger charge is 2.22. The molecule has 3 rings (SSSR count). The number of carbonyl (C=O) groups excluding carboxylic acids is 1. The molecule has 1 unspecified atom stereocenters. The first-order chi connectivity index (χ1) is 13.7. The maximum atomic E-state index is 12.7. The van der Waals surface area contributed by atoms with Gasteiger partial charge in [0.05, 0.1) is 22.5 Å². The van der Waals surface area contributed by atoms with Gasteiger partial charge < -0.3 is 14.2 Å². The molecule has 1 aromatic carbocycles. The Labute approximate surface area is 172 Å². The van der Waals surface area contributed by atoms with E-state index in [0.29, 0.717) is 30.8 Å². The molecule has 2 heterocycles. The monoisotopic (exact) mass is 422 g/mol. The van der Waals surface area contributed by atoms with Crippen LogP contribution in [0.2, 0.25) is 0 Å². The van der Waals surface area contributed by atoms with Crippen molar-refractivity contribution in [2.24, 2.45) is 13.0 Å². The molecule has 0 bridgehead atoms. The van der Waals surface area contributed by atoms with Gasteiger partial charge in [-0.1, -0.05) is 0 Å². The zero-order valence-electron chi connectivity index (χ0n) is 17.6. The van der Waals surface area contributed by atoms with E-state index in [9.17, 15) is 13.2 Å².